The van der Waals surface area contributed by atoms with Crippen LogP contribution in [-0.2, 0) is 0 Å². The largest absolute Gasteiger partial charge is 0.387 e. The summed E-state index contributed by atoms with van der Waals surface area (Å²) in [7, 11) is 0. The minimum atomic E-state index is -0.989. The average molecular weight is 284 g/mol. The Morgan fingerprint density at radius 2 is 1.95 bits per heavy atom. The molecule has 0 saturated carbocycles. The number of hydrogen-bond donors (Lipinski definition) is 2. The normalized spacial score (nSPS) is 25.6. The van der Waals surface area contributed by atoms with Gasteiger partial charge in [-0.15, -0.1) is 0 Å². The summed E-state index contributed by atoms with van der Waals surface area (Å²) in [5, 5.41) is 12.2. The fourth-order valence-corrected chi connectivity index (χ4v) is 2.81. The van der Waals surface area contributed by atoms with Gasteiger partial charge in [-0.2, -0.15) is 0 Å². The van der Waals surface area contributed by atoms with Crippen LogP contribution in [0.1, 0.15) is 44.8 Å². The molecule has 0 spiro atoms. The molecule has 1 aromatic rings. The van der Waals surface area contributed by atoms with Gasteiger partial charge in [-0.05, 0) is 32.8 Å². The highest BCUT2D eigenvalue weighted by atomic mass is 19.1. The number of piperidine rings is 1. The highest BCUT2D eigenvalue weighted by Crippen LogP contribution is 2.22. The Hall–Kier alpha value is -1.04. The number of hydrogen-bond acceptors (Lipinski definition) is 3. The highest BCUT2D eigenvalue weighted by molar-refractivity contribution is 5.21. The Bertz CT molecular complexity index is 445. The van der Waals surface area contributed by atoms with E-state index in [1.165, 1.54) is 12.5 Å². The van der Waals surface area contributed by atoms with E-state index >= 15 is 0 Å². The fourth-order valence-electron chi connectivity index (χ4n) is 2.81. The van der Waals surface area contributed by atoms with Gasteiger partial charge in [0.15, 0.2) is 0 Å². The van der Waals surface area contributed by atoms with Crippen LogP contribution in [-0.4, -0.2) is 28.7 Å². The van der Waals surface area contributed by atoms with Crippen molar-refractivity contribution in [3.63, 3.8) is 0 Å². The number of benzene rings is 1. The van der Waals surface area contributed by atoms with Gasteiger partial charge in [0.2, 0.25) is 0 Å². The first-order valence-electron chi connectivity index (χ1n) is 7.14. The molecule has 1 saturated heterocycles. The van der Waals surface area contributed by atoms with E-state index < -0.39 is 17.7 Å². The first kappa shape index (κ1) is 15.4. The van der Waals surface area contributed by atoms with Crippen molar-refractivity contribution in [3.8, 4) is 0 Å². The fraction of sp³-hybridized carbons (Fsp3) is 0.600. The molecule has 3 unspecified atom stereocenters. The molecule has 1 aliphatic heterocycles. The monoisotopic (exact) mass is 284 g/mol. The maximum absolute atomic E-state index is 13.6. The lowest BCUT2D eigenvalue weighted by Gasteiger charge is -2.39. The molecule has 3 atom stereocenters. The van der Waals surface area contributed by atoms with Crippen LogP contribution >= 0.6 is 0 Å². The van der Waals surface area contributed by atoms with Crippen molar-refractivity contribution in [3.05, 3.63) is 35.4 Å². The van der Waals surface area contributed by atoms with E-state index in [0.29, 0.717) is 12.1 Å². The zero-order valence-corrected chi connectivity index (χ0v) is 11.9. The lowest BCUT2D eigenvalue weighted by molar-refractivity contribution is 0.0257. The number of aliphatic hydroxyl groups excluding tert-OH is 1. The number of nitrogens with one attached hydrogen (secondary N) is 1. The zero-order chi connectivity index (χ0) is 14.7. The van der Waals surface area contributed by atoms with E-state index in [-0.39, 0.29) is 12.1 Å². The van der Waals surface area contributed by atoms with Crippen LogP contribution < -0.4 is 5.43 Å². The van der Waals surface area contributed by atoms with Gasteiger partial charge in [0, 0.05) is 30.3 Å². The van der Waals surface area contributed by atoms with Gasteiger partial charge < -0.3 is 5.11 Å². The van der Waals surface area contributed by atoms with E-state index in [4.69, 9.17) is 0 Å². The molecule has 5 heteroatoms. The van der Waals surface area contributed by atoms with Crippen molar-refractivity contribution >= 4 is 0 Å². The molecule has 112 valence electrons. The van der Waals surface area contributed by atoms with E-state index in [9.17, 15) is 13.9 Å². The molecule has 2 N–H and O–H groups in total. The maximum Gasteiger partial charge on any atom is 0.131 e. The number of aliphatic hydroxyl groups is 1. The molecular formula is C15H22F2N2O. The summed E-state index contributed by atoms with van der Waals surface area (Å²) in [6, 6.07) is 4.03. The zero-order valence-electron chi connectivity index (χ0n) is 11.9. The molecule has 0 radical (unpaired) electrons. The Morgan fingerprint density at radius 1 is 1.30 bits per heavy atom. The van der Waals surface area contributed by atoms with Crippen molar-refractivity contribution in [2.24, 2.45) is 0 Å². The van der Waals surface area contributed by atoms with Gasteiger partial charge in [-0.3, -0.25) is 5.43 Å². The summed E-state index contributed by atoms with van der Waals surface area (Å²) in [5.74, 6) is -1.34. The number of halogens is 2. The molecule has 0 bridgehead atoms. The first-order valence-corrected chi connectivity index (χ1v) is 7.14. The molecule has 20 heavy (non-hydrogen) atoms. The Labute approximate surface area is 118 Å². The standard InChI is InChI=1S/C15H22F2N2O/c1-10-4-3-5-11(2)19(10)18-9-15(20)13-7-6-12(16)8-14(13)17/h6-8,10-11,15,18,20H,3-5,9H2,1-2H3. The quantitative estimate of drug-likeness (QED) is 0.892. The summed E-state index contributed by atoms with van der Waals surface area (Å²) < 4.78 is 26.4. The van der Waals surface area contributed by atoms with Crippen LogP contribution in [0.15, 0.2) is 18.2 Å². The van der Waals surface area contributed by atoms with Crippen molar-refractivity contribution < 1.29 is 13.9 Å². The summed E-state index contributed by atoms with van der Waals surface area (Å²) >= 11 is 0. The van der Waals surface area contributed by atoms with Crippen molar-refractivity contribution in [2.75, 3.05) is 6.54 Å². The molecular weight excluding hydrogens is 262 g/mol. The third-order valence-electron chi connectivity index (χ3n) is 3.98. The summed E-state index contributed by atoms with van der Waals surface area (Å²) in [5.41, 5.74) is 3.31. The van der Waals surface area contributed by atoms with Crippen LogP contribution in [0.2, 0.25) is 0 Å². The SMILES string of the molecule is CC1CCCC(C)N1NCC(O)c1ccc(F)cc1F. The number of hydrazine groups is 1. The molecule has 3 nitrogen and oxygen atoms in total. The molecule has 1 fully saturated rings. The predicted octanol–water partition coefficient (Wildman–Crippen LogP) is 2.77. The van der Waals surface area contributed by atoms with Crippen LogP contribution in [0.4, 0.5) is 8.78 Å². The van der Waals surface area contributed by atoms with Crippen LogP contribution in [0.3, 0.4) is 0 Å². The molecule has 1 aromatic carbocycles. The van der Waals surface area contributed by atoms with E-state index in [0.717, 1.165) is 25.0 Å². The van der Waals surface area contributed by atoms with Gasteiger partial charge >= 0.3 is 0 Å². The average Bonchev–Trinajstić information content (AvgIpc) is 2.37. The Kier molecular flexibility index (Phi) is 5.07. The second-order valence-corrected chi connectivity index (χ2v) is 5.58. The van der Waals surface area contributed by atoms with Crippen molar-refractivity contribution in [1.29, 1.82) is 0 Å². The predicted molar refractivity (Wildman–Crippen MR) is 73.9 cm³/mol. The number of nitrogens with zero attached hydrogens (tertiary/aromatic N) is 1. The molecule has 0 amide bonds. The van der Waals surface area contributed by atoms with Gasteiger partial charge in [0.25, 0.3) is 0 Å². The molecule has 1 heterocycles. The number of rotatable bonds is 4. The van der Waals surface area contributed by atoms with Crippen molar-refractivity contribution in [2.45, 2.75) is 51.3 Å². The third kappa shape index (κ3) is 3.53. The maximum atomic E-state index is 13.6. The highest BCUT2D eigenvalue weighted by Gasteiger charge is 2.25. The minimum absolute atomic E-state index is 0.121. The van der Waals surface area contributed by atoms with E-state index in [1.807, 2.05) is 0 Å². The second kappa shape index (κ2) is 6.61. The van der Waals surface area contributed by atoms with Gasteiger partial charge in [0.05, 0.1) is 6.10 Å². The minimum Gasteiger partial charge on any atom is -0.387 e. The molecule has 1 aliphatic rings. The van der Waals surface area contributed by atoms with Gasteiger partial charge in [-0.25, -0.2) is 13.8 Å². The Morgan fingerprint density at radius 3 is 2.55 bits per heavy atom. The molecule has 0 aromatic heterocycles. The van der Waals surface area contributed by atoms with Crippen LogP contribution in [0, 0.1) is 11.6 Å². The van der Waals surface area contributed by atoms with Gasteiger partial charge in [0.1, 0.15) is 11.6 Å². The second-order valence-electron chi connectivity index (χ2n) is 5.58. The summed E-state index contributed by atoms with van der Waals surface area (Å²) in [6.07, 6.45) is 2.43. The molecule has 2 rings (SSSR count). The summed E-state index contributed by atoms with van der Waals surface area (Å²) in [4.78, 5) is 0. The third-order valence-corrected chi connectivity index (χ3v) is 3.98. The summed E-state index contributed by atoms with van der Waals surface area (Å²) in [6.45, 7) is 4.48. The van der Waals surface area contributed by atoms with Crippen molar-refractivity contribution in [1.82, 2.24) is 10.4 Å². The van der Waals surface area contributed by atoms with E-state index in [2.05, 4.69) is 24.3 Å². The lowest BCUT2D eigenvalue weighted by Crippen LogP contribution is -2.53. The van der Waals surface area contributed by atoms with Gasteiger partial charge in [-0.1, -0.05) is 12.5 Å². The first-order chi connectivity index (χ1) is 9.49. The lowest BCUT2D eigenvalue weighted by atomic mass is 10.00. The van der Waals surface area contributed by atoms with Crippen LogP contribution in [0.25, 0.3) is 0 Å². The smallest absolute Gasteiger partial charge is 0.131 e. The topological polar surface area (TPSA) is 35.5 Å². The molecule has 0 aliphatic carbocycles. The Balaban J connectivity index is 1.95. The van der Waals surface area contributed by atoms with Crippen LogP contribution in [0.5, 0.6) is 0 Å². The van der Waals surface area contributed by atoms with E-state index in [1.54, 1.807) is 0 Å².